The van der Waals surface area contributed by atoms with Crippen LogP contribution >= 0.6 is 0 Å². The first kappa shape index (κ1) is 26.6. The number of rotatable bonds is 8. The molecular formula is C28H34N4O6S. The second kappa shape index (κ2) is 9.97. The van der Waals surface area contributed by atoms with Crippen LogP contribution in [0.15, 0.2) is 57.9 Å². The standard InChI is InChI=1S/C28H34N4O6S/c1-35-22-7-6-8-23(36-2)27(22)39(4,5,34)31-28-26-24(37-3)15-19(16-25(26)38-30-28)18-13-20(17-21(33)14-18)32-11-9-29-10-12-32/h6-8,13-17,29,33H,9-12H2,1-5H3,(H,30,31,34). The molecule has 2 heterocycles. The topological polar surface area (TPSA) is 118 Å². The predicted octanol–water partition coefficient (Wildman–Crippen LogP) is 4.10. The number of hydrogen-bond acceptors (Lipinski definition) is 9. The van der Waals surface area contributed by atoms with Crippen LogP contribution < -0.4 is 29.1 Å². The number of ether oxygens (including phenoxy) is 3. The first-order valence-electron chi connectivity index (χ1n) is 12.5. The minimum atomic E-state index is -3.84. The zero-order valence-electron chi connectivity index (χ0n) is 22.7. The summed E-state index contributed by atoms with van der Waals surface area (Å²) in [6, 6.07) is 14.4. The Labute approximate surface area is 227 Å². The fourth-order valence-corrected chi connectivity index (χ4v) is 7.31. The number of nitrogens with zero attached hydrogens (tertiary/aromatic N) is 2. The van der Waals surface area contributed by atoms with Crippen molar-refractivity contribution in [1.82, 2.24) is 10.5 Å². The SMILES string of the molecule is COc1cccc(OC)c1S(C)(C)(=O)Nc1noc2cc(-c3cc(O)cc(N4CCNCC4)c3)cc(OC)c12. The van der Waals surface area contributed by atoms with E-state index in [2.05, 4.69) is 20.1 Å². The van der Waals surface area contributed by atoms with Crippen LogP contribution in [0.5, 0.6) is 23.0 Å². The van der Waals surface area contributed by atoms with Gasteiger partial charge in [0.15, 0.2) is 11.4 Å². The Kier molecular flexibility index (Phi) is 6.81. The van der Waals surface area contributed by atoms with Gasteiger partial charge in [0.2, 0.25) is 0 Å². The van der Waals surface area contributed by atoms with Crippen LogP contribution in [0.3, 0.4) is 0 Å². The molecule has 3 N–H and O–H groups in total. The number of aromatic hydroxyl groups is 1. The fourth-order valence-electron chi connectivity index (χ4n) is 5.03. The van der Waals surface area contributed by atoms with Crippen molar-refractivity contribution in [2.24, 2.45) is 0 Å². The highest BCUT2D eigenvalue weighted by atomic mass is 32.3. The van der Waals surface area contributed by atoms with Crippen molar-refractivity contribution in [1.29, 1.82) is 0 Å². The summed E-state index contributed by atoms with van der Waals surface area (Å²) in [5, 5.41) is 18.6. The van der Waals surface area contributed by atoms with E-state index in [1.165, 1.54) is 14.2 Å². The number of benzene rings is 3. The maximum absolute atomic E-state index is 14.5. The van der Waals surface area contributed by atoms with E-state index in [9.17, 15) is 9.32 Å². The molecule has 1 aliphatic heterocycles. The van der Waals surface area contributed by atoms with Gasteiger partial charge in [-0.1, -0.05) is 11.2 Å². The van der Waals surface area contributed by atoms with Crippen molar-refractivity contribution < 1.29 is 28.0 Å². The van der Waals surface area contributed by atoms with Crippen molar-refractivity contribution in [2.45, 2.75) is 4.90 Å². The molecule has 0 radical (unpaired) electrons. The predicted molar refractivity (Wildman–Crippen MR) is 154 cm³/mol. The molecule has 0 unspecified atom stereocenters. The van der Waals surface area contributed by atoms with Crippen molar-refractivity contribution in [3.63, 3.8) is 0 Å². The van der Waals surface area contributed by atoms with Crippen LogP contribution in [0, 0.1) is 0 Å². The van der Waals surface area contributed by atoms with Gasteiger partial charge in [0.05, 0.1) is 21.3 Å². The third-order valence-electron chi connectivity index (χ3n) is 6.85. The van der Waals surface area contributed by atoms with Crippen molar-refractivity contribution >= 4 is 31.7 Å². The van der Waals surface area contributed by atoms with E-state index in [0.29, 0.717) is 33.1 Å². The highest BCUT2D eigenvalue weighted by Crippen LogP contribution is 2.46. The lowest BCUT2D eigenvalue weighted by Gasteiger charge is -2.37. The first-order chi connectivity index (χ1) is 18.6. The Morgan fingerprint density at radius 3 is 2.23 bits per heavy atom. The van der Waals surface area contributed by atoms with Gasteiger partial charge in [-0.15, -0.1) is 0 Å². The summed E-state index contributed by atoms with van der Waals surface area (Å²) < 4.78 is 40.2. The third-order valence-corrected chi connectivity index (χ3v) is 9.22. The maximum atomic E-state index is 14.5. The number of fused-ring (bicyclic) bond motifs is 1. The lowest BCUT2D eigenvalue weighted by atomic mass is 10.0. The van der Waals surface area contributed by atoms with Gasteiger partial charge in [-0.2, -0.15) is 0 Å². The van der Waals surface area contributed by atoms with Gasteiger partial charge in [0.25, 0.3) is 0 Å². The van der Waals surface area contributed by atoms with Gasteiger partial charge in [-0.3, -0.25) is 4.21 Å². The highest BCUT2D eigenvalue weighted by molar-refractivity contribution is 8.20. The summed E-state index contributed by atoms with van der Waals surface area (Å²) in [7, 11) is 0.752. The maximum Gasteiger partial charge on any atom is 0.191 e. The summed E-state index contributed by atoms with van der Waals surface area (Å²) in [4.78, 5) is 2.63. The average molecular weight is 555 g/mol. The normalized spacial score (nSPS) is 15.0. The smallest absolute Gasteiger partial charge is 0.191 e. The van der Waals surface area contributed by atoms with Crippen LogP contribution in [0.2, 0.25) is 0 Å². The molecule has 4 aromatic rings. The number of piperazine rings is 1. The molecule has 0 amide bonds. The summed E-state index contributed by atoms with van der Waals surface area (Å²) in [6.45, 7) is 3.49. The zero-order chi connectivity index (χ0) is 27.8. The lowest BCUT2D eigenvalue weighted by molar-refractivity contribution is 0.374. The number of phenolic OH excluding ortho intramolecular Hbond substituents is 1. The Bertz CT molecular complexity index is 1570. The number of hydrogen-bond donors (Lipinski definition) is 3. The number of phenols is 1. The van der Waals surface area contributed by atoms with Crippen LogP contribution in [-0.2, 0) is 9.25 Å². The molecule has 39 heavy (non-hydrogen) atoms. The van der Waals surface area contributed by atoms with Gasteiger partial charge < -0.3 is 38.8 Å². The van der Waals surface area contributed by atoms with E-state index < -0.39 is 9.25 Å². The molecule has 11 heteroatoms. The molecule has 0 atom stereocenters. The van der Waals surface area contributed by atoms with Gasteiger partial charge >= 0.3 is 0 Å². The molecule has 1 aliphatic rings. The number of aromatic nitrogens is 1. The molecule has 3 aromatic carbocycles. The summed E-state index contributed by atoms with van der Waals surface area (Å²) in [5.74, 6) is 1.77. The molecule has 1 aromatic heterocycles. The second-order valence-electron chi connectivity index (χ2n) is 9.98. The van der Waals surface area contributed by atoms with Crippen LogP contribution in [0.4, 0.5) is 11.5 Å². The fraction of sp³-hybridized carbons (Fsp3) is 0.321. The Hall–Kier alpha value is -3.96. The minimum absolute atomic E-state index is 0.172. The lowest BCUT2D eigenvalue weighted by Crippen LogP contribution is -2.43. The van der Waals surface area contributed by atoms with Crippen molar-refractivity contribution in [3.8, 4) is 34.1 Å². The molecule has 208 valence electrons. The van der Waals surface area contributed by atoms with Gasteiger partial charge in [0.1, 0.15) is 33.3 Å². The Balaban J connectivity index is 1.58. The summed E-state index contributed by atoms with van der Waals surface area (Å²) in [6.07, 6.45) is 3.20. The quantitative estimate of drug-likeness (QED) is 0.296. The summed E-state index contributed by atoms with van der Waals surface area (Å²) in [5.41, 5.74) is 2.97. The molecule has 5 rings (SSSR count). The monoisotopic (exact) mass is 554 g/mol. The molecular weight excluding hydrogens is 520 g/mol. The highest BCUT2D eigenvalue weighted by Gasteiger charge is 2.36. The van der Waals surface area contributed by atoms with Gasteiger partial charge in [0, 0.05) is 50.4 Å². The van der Waals surface area contributed by atoms with E-state index in [4.69, 9.17) is 18.7 Å². The largest absolute Gasteiger partial charge is 0.508 e. The molecule has 0 spiro atoms. The third kappa shape index (κ3) is 5.07. The van der Waals surface area contributed by atoms with E-state index in [-0.39, 0.29) is 11.6 Å². The Morgan fingerprint density at radius 1 is 0.949 bits per heavy atom. The van der Waals surface area contributed by atoms with Crippen LogP contribution in [0.1, 0.15) is 0 Å². The molecule has 0 bridgehead atoms. The zero-order valence-corrected chi connectivity index (χ0v) is 23.6. The van der Waals surface area contributed by atoms with E-state index in [1.807, 2.05) is 18.2 Å². The molecule has 1 saturated heterocycles. The molecule has 1 fully saturated rings. The van der Waals surface area contributed by atoms with Crippen LogP contribution in [-0.4, -0.2) is 74.5 Å². The molecule has 0 aliphatic carbocycles. The van der Waals surface area contributed by atoms with E-state index in [0.717, 1.165) is 43.0 Å². The Morgan fingerprint density at radius 2 is 1.59 bits per heavy atom. The van der Waals surface area contributed by atoms with Gasteiger partial charge in [-0.25, -0.2) is 0 Å². The first-order valence-corrected chi connectivity index (χ1v) is 15.3. The number of nitrogens with one attached hydrogen (secondary N) is 2. The number of methoxy groups -OCH3 is 3. The van der Waals surface area contributed by atoms with Gasteiger partial charge in [-0.05, 0) is 56.8 Å². The van der Waals surface area contributed by atoms with Crippen LogP contribution in [0.25, 0.3) is 22.1 Å². The molecule has 10 nitrogen and oxygen atoms in total. The van der Waals surface area contributed by atoms with Crippen molar-refractivity contribution in [2.75, 3.05) is 69.6 Å². The summed E-state index contributed by atoms with van der Waals surface area (Å²) >= 11 is 0. The number of anilines is 2. The van der Waals surface area contributed by atoms with E-state index in [1.54, 1.807) is 50.0 Å². The molecule has 0 saturated carbocycles. The second-order valence-corrected chi connectivity index (χ2v) is 14.2. The van der Waals surface area contributed by atoms with E-state index >= 15 is 0 Å². The average Bonchev–Trinajstić information content (AvgIpc) is 3.33. The van der Waals surface area contributed by atoms with Crippen molar-refractivity contribution in [3.05, 3.63) is 48.5 Å². The minimum Gasteiger partial charge on any atom is -0.508 e.